The lowest BCUT2D eigenvalue weighted by Gasteiger charge is -2.44. The molecular weight excluding hydrogens is 436 g/mol. The highest BCUT2D eigenvalue weighted by atomic mass is 16.2. The van der Waals surface area contributed by atoms with Gasteiger partial charge in [0, 0.05) is 45.2 Å². The van der Waals surface area contributed by atoms with Crippen molar-refractivity contribution in [1.82, 2.24) is 30.0 Å². The van der Waals surface area contributed by atoms with Crippen LogP contribution in [0.5, 0.6) is 0 Å². The Morgan fingerprint density at radius 1 is 1.15 bits per heavy atom. The molecule has 0 radical (unpaired) electrons. The van der Waals surface area contributed by atoms with Crippen molar-refractivity contribution in [3.8, 4) is 0 Å². The van der Waals surface area contributed by atoms with Crippen LogP contribution in [0.4, 0.5) is 0 Å². The molecule has 1 spiro atoms. The standard InChI is InChI=1S/C24H26N6O4/c1-28-13-26-20-16(28)7-10-29(24(20)8-9-25-12-24)11-14-3-2-4-15-19(14)23(34)30(22(15)33)17-5-6-18(31)27-21(17)32/h2-4,13,17,25H,5-12H2,1H3,(H,27,31,32). The maximum Gasteiger partial charge on any atom is 0.262 e. The van der Waals surface area contributed by atoms with Crippen LogP contribution in [0.25, 0.3) is 0 Å². The molecule has 2 atom stereocenters. The topological polar surface area (TPSA) is 117 Å². The molecule has 10 heteroatoms. The minimum atomic E-state index is -0.964. The highest BCUT2D eigenvalue weighted by Gasteiger charge is 2.49. The van der Waals surface area contributed by atoms with Crippen LogP contribution in [0.2, 0.25) is 0 Å². The Bertz CT molecular complexity index is 1240. The molecule has 34 heavy (non-hydrogen) atoms. The number of hydrogen-bond acceptors (Lipinski definition) is 7. The van der Waals surface area contributed by atoms with Crippen molar-refractivity contribution >= 4 is 23.6 Å². The van der Waals surface area contributed by atoms with Gasteiger partial charge in [-0.05, 0) is 31.0 Å². The van der Waals surface area contributed by atoms with Gasteiger partial charge in [-0.1, -0.05) is 12.1 Å². The number of nitrogens with one attached hydrogen (secondary N) is 2. The van der Waals surface area contributed by atoms with Gasteiger partial charge < -0.3 is 9.88 Å². The second-order valence-corrected chi connectivity index (χ2v) is 9.57. The van der Waals surface area contributed by atoms with Gasteiger partial charge in [0.25, 0.3) is 11.8 Å². The van der Waals surface area contributed by atoms with Crippen molar-refractivity contribution in [2.24, 2.45) is 7.05 Å². The average Bonchev–Trinajstić information content (AvgIpc) is 3.51. The Balaban J connectivity index is 1.34. The van der Waals surface area contributed by atoms with Gasteiger partial charge in [-0.15, -0.1) is 0 Å². The number of fused-ring (bicyclic) bond motifs is 3. The maximum atomic E-state index is 13.5. The molecule has 4 aliphatic rings. The van der Waals surface area contributed by atoms with E-state index in [0.29, 0.717) is 17.7 Å². The van der Waals surface area contributed by atoms with E-state index >= 15 is 0 Å². The summed E-state index contributed by atoms with van der Waals surface area (Å²) in [7, 11) is 2.02. The summed E-state index contributed by atoms with van der Waals surface area (Å²) in [4.78, 5) is 58.9. The molecule has 2 aromatic rings. The van der Waals surface area contributed by atoms with Crippen LogP contribution >= 0.6 is 0 Å². The largest absolute Gasteiger partial charge is 0.337 e. The number of carbonyl (C=O) groups excluding carboxylic acids is 4. The van der Waals surface area contributed by atoms with E-state index in [1.165, 1.54) is 5.69 Å². The Kier molecular flexibility index (Phi) is 4.72. The van der Waals surface area contributed by atoms with Gasteiger partial charge in [-0.3, -0.25) is 34.3 Å². The zero-order valence-electron chi connectivity index (χ0n) is 19.0. The van der Waals surface area contributed by atoms with Crippen LogP contribution in [0.15, 0.2) is 24.5 Å². The molecule has 1 aromatic carbocycles. The Hall–Kier alpha value is -3.37. The third-order valence-corrected chi connectivity index (χ3v) is 7.77. The van der Waals surface area contributed by atoms with E-state index in [1.807, 2.05) is 19.4 Å². The molecule has 6 rings (SSSR count). The van der Waals surface area contributed by atoms with Gasteiger partial charge in [0.05, 0.1) is 28.7 Å². The van der Waals surface area contributed by atoms with Gasteiger partial charge >= 0.3 is 0 Å². The molecule has 2 saturated heterocycles. The highest BCUT2D eigenvalue weighted by molar-refractivity contribution is 6.24. The molecule has 176 valence electrons. The number of amides is 4. The van der Waals surface area contributed by atoms with Gasteiger partial charge in [-0.25, -0.2) is 4.98 Å². The highest BCUT2D eigenvalue weighted by Crippen LogP contribution is 2.41. The first kappa shape index (κ1) is 21.2. The van der Waals surface area contributed by atoms with Gasteiger partial charge in [-0.2, -0.15) is 0 Å². The second-order valence-electron chi connectivity index (χ2n) is 9.57. The smallest absolute Gasteiger partial charge is 0.262 e. The van der Waals surface area contributed by atoms with Crippen molar-refractivity contribution in [3.05, 3.63) is 52.6 Å². The lowest BCUT2D eigenvalue weighted by molar-refractivity contribution is -0.136. The third kappa shape index (κ3) is 2.91. The SMILES string of the molecule is Cn1cnc2c1CCN(Cc1cccc3c1C(=O)N(C1CCC(=O)NC1=O)C3=O)C21CCNC1. The second kappa shape index (κ2) is 7.57. The molecule has 4 aliphatic heterocycles. The molecule has 5 heterocycles. The Labute approximate surface area is 196 Å². The van der Waals surface area contributed by atoms with Gasteiger partial charge in [0.1, 0.15) is 6.04 Å². The summed E-state index contributed by atoms with van der Waals surface area (Å²) < 4.78 is 2.09. The molecular formula is C24H26N6O4. The zero-order valence-corrected chi connectivity index (χ0v) is 19.0. The number of rotatable bonds is 3. The monoisotopic (exact) mass is 462 g/mol. The molecule has 1 aromatic heterocycles. The third-order valence-electron chi connectivity index (χ3n) is 7.77. The van der Waals surface area contributed by atoms with Gasteiger partial charge in [0.15, 0.2) is 0 Å². The molecule has 10 nitrogen and oxygen atoms in total. The van der Waals surface area contributed by atoms with E-state index in [0.717, 1.165) is 48.6 Å². The number of benzene rings is 1. The molecule has 0 saturated carbocycles. The molecule has 2 unspecified atom stereocenters. The Morgan fingerprint density at radius 3 is 2.76 bits per heavy atom. The molecule has 0 aliphatic carbocycles. The lowest BCUT2D eigenvalue weighted by Crippen LogP contribution is -2.54. The minimum absolute atomic E-state index is 0.104. The first-order valence-corrected chi connectivity index (χ1v) is 11.7. The number of hydrogen-bond donors (Lipinski definition) is 2. The van der Waals surface area contributed by atoms with Crippen LogP contribution in [0.3, 0.4) is 0 Å². The number of carbonyl (C=O) groups is 4. The molecule has 0 bridgehead atoms. The number of imidazole rings is 1. The first-order chi connectivity index (χ1) is 16.4. The predicted octanol–water partition coefficient (Wildman–Crippen LogP) is 0.0682. The lowest BCUT2D eigenvalue weighted by atomic mass is 9.85. The molecule has 2 fully saturated rings. The van der Waals surface area contributed by atoms with E-state index in [4.69, 9.17) is 4.98 Å². The molecule has 2 N–H and O–H groups in total. The van der Waals surface area contributed by atoms with Gasteiger partial charge in [0.2, 0.25) is 11.8 Å². The summed E-state index contributed by atoms with van der Waals surface area (Å²) in [6.45, 7) is 2.99. The fourth-order valence-corrected chi connectivity index (χ4v) is 6.05. The fourth-order valence-electron chi connectivity index (χ4n) is 6.05. The summed E-state index contributed by atoms with van der Waals surface area (Å²) in [6.07, 6.45) is 3.90. The summed E-state index contributed by atoms with van der Waals surface area (Å²) in [5.74, 6) is -1.91. The maximum absolute atomic E-state index is 13.5. The van der Waals surface area contributed by atoms with E-state index in [9.17, 15) is 19.2 Å². The number of nitrogens with zero attached hydrogens (tertiary/aromatic N) is 4. The fraction of sp³-hybridized carbons (Fsp3) is 0.458. The summed E-state index contributed by atoms with van der Waals surface area (Å²) in [5, 5.41) is 5.73. The minimum Gasteiger partial charge on any atom is -0.337 e. The van der Waals surface area contributed by atoms with Crippen molar-refractivity contribution in [1.29, 1.82) is 0 Å². The Morgan fingerprint density at radius 2 is 2.00 bits per heavy atom. The van der Waals surface area contributed by atoms with Crippen LogP contribution in [0, 0.1) is 0 Å². The summed E-state index contributed by atoms with van der Waals surface area (Å²) in [5.41, 5.74) is 3.54. The quantitative estimate of drug-likeness (QED) is 0.620. The first-order valence-electron chi connectivity index (χ1n) is 11.7. The number of piperidine rings is 1. The number of aromatic nitrogens is 2. The normalized spacial score (nSPS) is 26.9. The number of imide groups is 2. The summed E-state index contributed by atoms with van der Waals surface area (Å²) >= 11 is 0. The van der Waals surface area contributed by atoms with E-state index in [1.54, 1.807) is 12.1 Å². The predicted molar refractivity (Wildman–Crippen MR) is 120 cm³/mol. The van der Waals surface area contributed by atoms with Crippen LogP contribution in [-0.2, 0) is 35.1 Å². The molecule has 4 amide bonds. The van der Waals surface area contributed by atoms with Crippen molar-refractivity contribution in [2.75, 3.05) is 19.6 Å². The zero-order chi connectivity index (χ0) is 23.6. The van der Waals surface area contributed by atoms with Crippen molar-refractivity contribution < 1.29 is 19.2 Å². The average molecular weight is 463 g/mol. The van der Waals surface area contributed by atoms with E-state index < -0.39 is 23.8 Å². The number of aryl methyl sites for hydroxylation is 1. The van der Waals surface area contributed by atoms with Crippen molar-refractivity contribution in [2.45, 2.75) is 43.8 Å². The van der Waals surface area contributed by atoms with Crippen LogP contribution in [-0.4, -0.2) is 68.7 Å². The van der Waals surface area contributed by atoms with Crippen molar-refractivity contribution in [3.63, 3.8) is 0 Å². The van der Waals surface area contributed by atoms with Crippen LogP contribution in [0.1, 0.15) is 56.9 Å². The van der Waals surface area contributed by atoms with E-state index in [-0.39, 0.29) is 24.3 Å². The van der Waals surface area contributed by atoms with E-state index in [2.05, 4.69) is 20.1 Å². The van der Waals surface area contributed by atoms with Crippen LogP contribution < -0.4 is 10.6 Å². The summed E-state index contributed by atoms with van der Waals surface area (Å²) in [6, 6.07) is 4.37.